The number of hydrogen-bond acceptors (Lipinski definition) is 7. The number of halogens is 2. The van der Waals surface area contributed by atoms with Gasteiger partial charge >= 0.3 is 0 Å². The van der Waals surface area contributed by atoms with Crippen LogP contribution in [-0.4, -0.2) is 36.4 Å². The number of aromatic nitrogens is 6. The Hall–Kier alpha value is -4.05. The highest BCUT2D eigenvalue weighted by molar-refractivity contribution is 6.31. The van der Waals surface area contributed by atoms with Gasteiger partial charge in [0.1, 0.15) is 18.0 Å². The lowest BCUT2D eigenvalue weighted by Gasteiger charge is -2.11. The molecule has 6 rings (SSSR count). The first-order valence-corrected chi connectivity index (χ1v) is 11.8. The summed E-state index contributed by atoms with van der Waals surface area (Å²) >= 11 is 6.21. The number of benzene rings is 2. The van der Waals surface area contributed by atoms with Crippen molar-refractivity contribution in [3.8, 4) is 5.75 Å². The molecule has 9 nitrogen and oxygen atoms in total. The summed E-state index contributed by atoms with van der Waals surface area (Å²) in [5, 5.41) is 9.29. The van der Waals surface area contributed by atoms with Crippen LogP contribution in [0, 0.1) is 5.82 Å². The van der Waals surface area contributed by atoms with Crippen LogP contribution in [0.5, 0.6) is 5.75 Å². The summed E-state index contributed by atoms with van der Waals surface area (Å²) in [6.45, 7) is 1.30. The highest BCUT2D eigenvalue weighted by Gasteiger charge is 2.17. The molecule has 3 aromatic heterocycles. The average molecular weight is 506 g/mol. The smallest absolute Gasteiger partial charge is 0.261 e. The minimum absolute atomic E-state index is 0.0162. The maximum atomic E-state index is 14.7. The highest BCUT2D eigenvalue weighted by Crippen LogP contribution is 2.28. The Kier molecular flexibility index (Phi) is 5.52. The number of fused-ring (bicyclic) bond motifs is 3. The first-order valence-electron chi connectivity index (χ1n) is 11.5. The van der Waals surface area contributed by atoms with Crippen molar-refractivity contribution in [1.29, 1.82) is 0 Å². The third-order valence-electron chi connectivity index (χ3n) is 6.39. The van der Waals surface area contributed by atoms with Gasteiger partial charge in [0, 0.05) is 36.3 Å². The number of hydrogen-bond donors (Lipinski definition) is 1. The van der Waals surface area contributed by atoms with E-state index in [1.807, 2.05) is 24.4 Å². The normalized spacial score (nSPS) is 12.9. The van der Waals surface area contributed by atoms with Crippen LogP contribution in [0.15, 0.2) is 47.7 Å². The Balaban J connectivity index is 1.28. The molecule has 182 valence electrons. The summed E-state index contributed by atoms with van der Waals surface area (Å²) in [7, 11) is 1.41. The van der Waals surface area contributed by atoms with Gasteiger partial charge in [0.25, 0.3) is 5.56 Å². The molecule has 5 aromatic rings. The molecule has 0 spiro atoms. The number of anilines is 1. The monoisotopic (exact) mass is 505 g/mol. The van der Waals surface area contributed by atoms with Crippen LogP contribution < -0.4 is 15.6 Å². The van der Waals surface area contributed by atoms with Crippen LogP contribution >= 0.6 is 11.6 Å². The molecule has 11 heteroatoms. The van der Waals surface area contributed by atoms with Crippen LogP contribution in [0.2, 0.25) is 5.02 Å². The van der Waals surface area contributed by atoms with E-state index in [0.29, 0.717) is 34.3 Å². The highest BCUT2D eigenvalue weighted by atomic mass is 35.5. The molecule has 0 saturated heterocycles. The molecule has 0 atom stereocenters. The van der Waals surface area contributed by atoms with E-state index in [0.717, 1.165) is 30.8 Å². The summed E-state index contributed by atoms with van der Waals surface area (Å²) in [5.74, 6) is 0.949. The van der Waals surface area contributed by atoms with Gasteiger partial charge in [-0.15, -0.1) is 0 Å². The summed E-state index contributed by atoms with van der Waals surface area (Å²) < 4.78 is 23.3. The molecule has 36 heavy (non-hydrogen) atoms. The minimum Gasteiger partial charge on any atom is -0.494 e. The third-order valence-corrected chi connectivity index (χ3v) is 6.75. The fraction of sp³-hybridized carbons (Fsp3) is 0.240. The Morgan fingerprint density at radius 3 is 2.94 bits per heavy atom. The molecule has 0 unspecified atom stereocenters. The Labute approximate surface area is 209 Å². The molecule has 0 amide bonds. The number of nitrogens with one attached hydrogen (secondary N) is 1. The quantitative estimate of drug-likeness (QED) is 0.373. The zero-order valence-corrected chi connectivity index (χ0v) is 20.1. The van der Waals surface area contributed by atoms with Crippen molar-refractivity contribution in [2.45, 2.75) is 32.5 Å². The summed E-state index contributed by atoms with van der Waals surface area (Å²) in [4.78, 5) is 26.0. The van der Waals surface area contributed by atoms with Crippen molar-refractivity contribution in [2.24, 2.45) is 0 Å². The molecule has 0 radical (unpaired) electrons. The zero-order chi connectivity index (χ0) is 24.8. The molecular weight excluding hydrogens is 485 g/mol. The molecule has 4 heterocycles. The second kappa shape index (κ2) is 8.87. The fourth-order valence-electron chi connectivity index (χ4n) is 4.59. The van der Waals surface area contributed by atoms with E-state index in [-0.39, 0.29) is 28.4 Å². The van der Waals surface area contributed by atoms with Crippen molar-refractivity contribution in [3.05, 3.63) is 81.0 Å². The largest absolute Gasteiger partial charge is 0.494 e. The lowest BCUT2D eigenvalue weighted by molar-refractivity contribution is 0.384. The second-order valence-electron chi connectivity index (χ2n) is 8.62. The molecule has 0 fully saturated rings. The standard InChI is InChI=1S/C25H21ClFN7O2/c1-36-20-7-6-18(26)16(22(20)27)10-28-23-17-12-33(32-24(17)30-13-29-23)11-14-4-5-15-19(9-14)31-21-3-2-8-34(21)25(15)35/h4-7,9,12-13H,2-3,8,10-11H2,1H3,(H,28,29,30,32). The van der Waals surface area contributed by atoms with Crippen molar-refractivity contribution >= 4 is 39.4 Å². The van der Waals surface area contributed by atoms with Gasteiger partial charge in [-0.05, 0) is 36.2 Å². The summed E-state index contributed by atoms with van der Waals surface area (Å²) in [6, 6.07) is 8.75. The van der Waals surface area contributed by atoms with Gasteiger partial charge in [-0.1, -0.05) is 17.7 Å². The van der Waals surface area contributed by atoms with E-state index in [9.17, 15) is 9.18 Å². The topological polar surface area (TPSA) is 99.8 Å². The predicted octanol–water partition coefficient (Wildman–Crippen LogP) is 3.94. The number of methoxy groups -OCH3 is 1. The lowest BCUT2D eigenvalue weighted by Crippen LogP contribution is -2.20. The molecule has 1 aliphatic heterocycles. The van der Waals surface area contributed by atoms with Crippen LogP contribution in [0.3, 0.4) is 0 Å². The molecule has 0 saturated carbocycles. The second-order valence-corrected chi connectivity index (χ2v) is 9.03. The molecule has 2 aromatic carbocycles. The lowest BCUT2D eigenvalue weighted by atomic mass is 10.1. The van der Waals surface area contributed by atoms with E-state index >= 15 is 0 Å². The van der Waals surface area contributed by atoms with Crippen molar-refractivity contribution in [2.75, 3.05) is 12.4 Å². The summed E-state index contributed by atoms with van der Waals surface area (Å²) in [6.07, 6.45) is 4.99. The number of rotatable bonds is 6. The van der Waals surface area contributed by atoms with E-state index < -0.39 is 5.82 Å². The fourth-order valence-corrected chi connectivity index (χ4v) is 4.80. The van der Waals surface area contributed by atoms with Gasteiger partial charge in [-0.3, -0.25) is 14.0 Å². The third kappa shape index (κ3) is 3.83. The van der Waals surface area contributed by atoms with Crippen LogP contribution in [0.4, 0.5) is 10.2 Å². The summed E-state index contributed by atoms with van der Waals surface area (Å²) in [5.41, 5.74) is 2.45. The molecule has 1 N–H and O–H groups in total. The van der Waals surface area contributed by atoms with E-state index in [1.54, 1.807) is 15.3 Å². The number of ether oxygens (including phenoxy) is 1. The predicted molar refractivity (Wildman–Crippen MR) is 134 cm³/mol. The molecule has 0 aliphatic carbocycles. The Bertz CT molecular complexity index is 1700. The molecule has 0 bridgehead atoms. The van der Waals surface area contributed by atoms with Crippen molar-refractivity contribution < 1.29 is 9.13 Å². The first-order chi connectivity index (χ1) is 17.5. The maximum Gasteiger partial charge on any atom is 0.261 e. The Morgan fingerprint density at radius 2 is 2.08 bits per heavy atom. The molecular formula is C25H21ClFN7O2. The van der Waals surface area contributed by atoms with Gasteiger partial charge in [0.05, 0.1) is 29.9 Å². The SMILES string of the molecule is COc1ccc(Cl)c(CNc2ncnc3nn(Cc4ccc5c(=O)n6c(nc5c4)CCC6)cc23)c1F. The van der Waals surface area contributed by atoms with E-state index in [4.69, 9.17) is 21.3 Å². The van der Waals surface area contributed by atoms with Crippen molar-refractivity contribution in [1.82, 2.24) is 29.3 Å². The van der Waals surface area contributed by atoms with Crippen LogP contribution in [-0.2, 0) is 26.1 Å². The Morgan fingerprint density at radius 1 is 1.19 bits per heavy atom. The number of aryl methyl sites for hydroxylation is 1. The van der Waals surface area contributed by atoms with E-state index in [2.05, 4.69) is 20.4 Å². The van der Waals surface area contributed by atoms with Crippen molar-refractivity contribution in [3.63, 3.8) is 0 Å². The van der Waals surface area contributed by atoms with Gasteiger partial charge in [0.15, 0.2) is 17.2 Å². The van der Waals surface area contributed by atoms with Gasteiger partial charge in [-0.2, -0.15) is 5.10 Å². The number of nitrogens with zero attached hydrogens (tertiary/aromatic N) is 6. The van der Waals surface area contributed by atoms with Gasteiger partial charge in [-0.25, -0.2) is 19.3 Å². The van der Waals surface area contributed by atoms with Crippen LogP contribution in [0.1, 0.15) is 23.4 Å². The maximum absolute atomic E-state index is 14.7. The first kappa shape index (κ1) is 22.4. The molecule has 1 aliphatic rings. The average Bonchev–Trinajstić information content (AvgIpc) is 3.51. The van der Waals surface area contributed by atoms with Gasteiger partial charge < -0.3 is 10.1 Å². The minimum atomic E-state index is -0.520. The van der Waals surface area contributed by atoms with Crippen LogP contribution in [0.25, 0.3) is 21.9 Å². The van der Waals surface area contributed by atoms with Gasteiger partial charge in [0.2, 0.25) is 0 Å². The zero-order valence-electron chi connectivity index (χ0n) is 19.3. The van der Waals surface area contributed by atoms with E-state index in [1.165, 1.54) is 19.5 Å².